The fourth-order valence-electron chi connectivity index (χ4n) is 2.98. The van der Waals surface area contributed by atoms with Gasteiger partial charge >= 0.3 is 0 Å². The molecule has 1 unspecified atom stereocenters. The summed E-state index contributed by atoms with van der Waals surface area (Å²) in [5.41, 5.74) is 2.55. The Morgan fingerprint density at radius 2 is 1.86 bits per heavy atom. The van der Waals surface area contributed by atoms with Crippen molar-refractivity contribution in [1.82, 2.24) is 14.9 Å². The predicted octanol–water partition coefficient (Wildman–Crippen LogP) is 4.74. The second-order valence-corrected chi connectivity index (χ2v) is 5.88. The average molecular weight is 287 g/mol. The summed E-state index contributed by atoms with van der Waals surface area (Å²) < 4.78 is 1.96. The fourth-order valence-corrected chi connectivity index (χ4v) is 2.98. The lowest BCUT2D eigenvalue weighted by Gasteiger charge is -2.15. The van der Waals surface area contributed by atoms with Crippen LogP contribution in [0.2, 0.25) is 0 Å². The lowest BCUT2D eigenvalue weighted by molar-refractivity contribution is 0.498. The number of rotatable bonds is 10. The molecule has 0 bridgehead atoms. The van der Waals surface area contributed by atoms with Crippen LogP contribution < -0.4 is 5.32 Å². The molecule has 2 aromatic heterocycles. The quantitative estimate of drug-likeness (QED) is 0.640. The third kappa shape index (κ3) is 4.57. The van der Waals surface area contributed by atoms with E-state index in [0.717, 1.165) is 0 Å². The van der Waals surface area contributed by atoms with Crippen LogP contribution in [-0.4, -0.2) is 16.7 Å². The van der Waals surface area contributed by atoms with Gasteiger partial charge in [0.25, 0.3) is 0 Å². The van der Waals surface area contributed by atoms with Gasteiger partial charge in [0, 0.05) is 17.8 Å². The highest BCUT2D eigenvalue weighted by Gasteiger charge is 2.13. The first-order valence-corrected chi connectivity index (χ1v) is 8.46. The molecule has 0 saturated heterocycles. The number of pyridine rings is 1. The fraction of sp³-hybridized carbons (Fsp3) is 0.611. The summed E-state index contributed by atoms with van der Waals surface area (Å²) in [5.74, 6) is 0. The molecular weight excluding hydrogens is 258 g/mol. The molecule has 21 heavy (non-hydrogen) atoms. The number of aromatic nitrogens is 2. The monoisotopic (exact) mass is 287 g/mol. The van der Waals surface area contributed by atoms with Crippen LogP contribution in [0, 0.1) is 0 Å². The van der Waals surface area contributed by atoms with Gasteiger partial charge in [-0.05, 0) is 25.6 Å². The van der Waals surface area contributed by atoms with E-state index in [4.69, 9.17) is 0 Å². The van der Waals surface area contributed by atoms with Crippen molar-refractivity contribution in [2.45, 2.75) is 64.3 Å². The minimum atomic E-state index is 0.417. The van der Waals surface area contributed by atoms with E-state index in [1.807, 2.05) is 23.0 Å². The van der Waals surface area contributed by atoms with Gasteiger partial charge in [-0.2, -0.15) is 5.10 Å². The van der Waals surface area contributed by atoms with Gasteiger partial charge in [0.2, 0.25) is 0 Å². The van der Waals surface area contributed by atoms with Gasteiger partial charge < -0.3 is 5.32 Å². The van der Waals surface area contributed by atoms with Crippen molar-refractivity contribution < 1.29 is 0 Å². The topological polar surface area (TPSA) is 29.3 Å². The maximum Gasteiger partial charge on any atom is 0.0709 e. The van der Waals surface area contributed by atoms with E-state index in [0.29, 0.717) is 6.04 Å². The Morgan fingerprint density at radius 3 is 2.62 bits per heavy atom. The van der Waals surface area contributed by atoms with Crippen LogP contribution in [0.5, 0.6) is 0 Å². The molecule has 0 fully saturated rings. The first kappa shape index (κ1) is 16.0. The lowest BCUT2D eigenvalue weighted by Crippen LogP contribution is -2.16. The summed E-state index contributed by atoms with van der Waals surface area (Å²) in [5, 5.41) is 7.90. The molecule has 0 aliphatic heterocycles. The molecule has 0 radical (unpaired) electrons. The third-order valence-electron chi connectivity index (χ3n) is 4.28. The van der Waals surface area contributed by atoms with Gasteiger partial charge in [-0.3, -0.25) is 0 Å². The number of hydrogen-bond donors (Lipinski definition) is 1. The van der Waals surface area contributed by atoms with E-state index in [2.05, 4.69) is 36.5 Å². The number of nitrogens with zero attached hydrogens (tertiary/aromatic N) is 2. The molecular formula is C18H29N3. The Bertz CT molecular complexity index is 518. The zero-order chi connectivity index (χ0) is 14.9. The van der Waals surface area contributed by atoms with Gasteiger partial charge in [-0.1, -0.05) is 57.9 Å². The highest BCUT2D eigenvalue weighted by Crippen LogP contribution is 2.24. The SMILES string of the molecule is CCCCCCCCCC(NC)c1cnn2ccccc12. The van der Waals surface area contributed by atoms with Crippen LogP contribution in [0.25, 0.3) is 5.52 Å². The molecule has 1 atom stereocenters. The van der Waals surface area contributed by atoms with Crippen LogP contribution in [-0.2, 0) is 0 Å². The lowest BCUT2D eigenvalue weighted by atomic mass is 10.0. The maximum atomic E-state index is 4.44. The van der Waals surface area contributed by atoms with E-state index in [1.165, 1.54) is 62.4 Å². The molecule has 3 heteroatoms. The van der Waals surface area contributed by atoms with Crippen molar-refractivity contribution in [1.29, 1.82) is 0 Å². The van der Waals surface area contributed by atoms with Crippen LogP contribution in [0.4, 0.5) is 0 Å². The first-order chi connectivity index (χ1) is 10.4. The minimum Gasteiger partial charge on any atom is -0.313 e. The second-order valence-electron chi connectivity index (χ2n) is 5.88. The summed E-state index contributed by atoms with van der Waals surface area (Å²) in [6.45, 7) is 2.27. The van der Waals surface area contributed by atoms with Crippen molar-refractivity contribution in [2.24, 2.45) is 0 Å². The molecule has 116 valence electrons. The van der Waals surface area contributed by atoms with E-state index in [-0.39, 0.29) is 0 Å². The molecule has 2 rings (SSSR count). The van der Waals surface area contributed by atoms with Crippen LogP contribution in [0.15, 0.2) is 30.6 Å². The Hall–Kier alpha value is -1.35. The highest BCUT2D eigenvalue weighted by molar-refractivity contribution is 5.54. The van der Waals surface area contributed by atoms with Crippen LogP contribution in [0.3, 0.4) is 0 Å². The molecule has 0 saturated carbocycles. The molecule has 0 aliphatic carbocycles. The largest absolute Gasteiger partial charge is 0.313 e. The van der Waals surface area contributed by atoms with Crippen LogP contribution in [0.1, 0.15) is 69.9 Å². The molecule has 0 aliphatic rings. The molecule has 3 nitrogen and oxygen atoms in total. The van der Waals surface area contributed by atoms with Crippen molar-refractivity contribution in [3.05, 3.63) is 36.2 Å². The summed E-state index contributed by atoms with van der Waals surface area (Å²) >= 11 is 0. The first-order valence-electron chi connectivity index (χ1n) is 8.46. The Labute approximate surface area is 128 Å². The average Bonchev–Trinajstić information content (AvgIpc) is 2.94. The van der Waals surface area contributed by atoms with Gasteiger partial charge in [-0.15, -0.1) is 0 Å². The van der Waals surface area contributed by atoms with Crippen molar-refractivity contribution >= 4 is 5.52 Å². The zero-order valence-corrected chi connectivity index (χ0v) is 13.5. The van der Waals surface area contributed by atoms with Crippen molar-refractivity contribution in [3.8, 4) is 0 Å². The van der Waals surface area contributed by atoms with E-state index in [1.54, 1.807) is 0 Å². The number of fused-ring (bicyclic) bond motifs is 1. The van der Waals surface area contributed by atoms with Gasteiger partial charge in [-0.25, -0.2) is 4.52 Å². The van der Waals surface area contributed by atoms with E-state index < -0.39 is 0 Å². The number of hydrogen-bond acceptors (Lipinski definition) is 2. The minimum absolute atomic E-state index is 0.417. The van der Waals surface area contributed by atoms with E-state index >= 15 is 0 Å². The maximum absolute atomic E-state index is 4.44. The summed E-state index contributed by atoms with van der Waals surface area (Å²) in [4.78, 5) is 0. The van der Waals surface area contributed by atoms with Crippen LogP contribution >= 0.6 is 0 Å². The molecule has 0 spiro atoms. The molecule has 2 aromatic rings. The van der Waals surface area contributed by atoms with Crippen molar-refractivity contribution in [3.63, 3.8) is 0 Å². The highest BCUT2D eigenvalue weighted by atomic mass is 15.2. The number of unbranched alkanes of at least 4 members (excludes halogenated alkanes) is 6. The Morgan fingerprint density at radius 1 is 1.10 bits per heavy atom. The van der Waals surface area contributed by atoms with Gasteiger partial charge in [0.15, 0.2) is 0 Å². The standard InChI is InChI=1S/C18H29N3/c1-3-4-5-6-7-8-9-12-17(19-2)16-15-20-21-14-11-10-13-18(16)21/h10-11,13-15,17,19H,3-9,12H2,1-2H3. The normalized spacial score (nSPS) is 12.9. The van der Waals surface area contributed by atoms with E-state index in [9.17, 15) is 0 Å². The Kier molecular flexibility index (Phi) is 6.74. The Balaban J connectivity index is 1.80. The zero-order valence-electron chi connectivity index (χ0n) is 13.5. The smallest absolute Gasteiger partial charge is 0.0709 e. The predicted molar refractivity (Wildman–Crippen MR) is 89.6 cm³/mol. The van der Waals surface area contributed by atoms with Gasteiger partial charge in [0.05, 0.1) is 11.7 Å². The summed E-state index contributed by atoms with van der Waals surface area (Å²) in [7, 11) is 2.05. The second kappa shape index (κ2) is 8.83. The van der Waals surface area contributed by atoms with Crippen molar-refractivity contribution in [2.75, 3.05) is 7.05 Å². The molecule has 0 aromatic carbocycles. The molecule has 0 amide bonds. The summed E-state index contributed by atoms with van der Waals surface area (Å²) in [6.07, 6.45) is 14.8. The van der Waals surface area contributed by atoms with Gasteiger partial charge in [0.1, 0.15) is 0 Å². The molecule has 1 N–H and O–H groups in total. The summed E-state index contributed by atoms with van der Waals surface area (Å²) in [6, 6.07) is 6.67. The molecule has 2 heterocycles. The third-order valence-corrected chi connectivity index (χ3v) is 4.28. The number of nitrogens with one attached hydrogen (secondary N) is 1.